The van der Waals surface area contributed by atoms with Crippen molar-refractivity contribution in [2.45, 2.75) is 70.7 Å². The van der Waals surface area contributed by atoms with E-state index in [2.05, 4.69) is 55.2 Å². The summed E-state index contributed by atoms with van der Waals surface area (Å²) in [6.45, 7) is 17.0. The molecule has 3 rings (SSSR count). The van der Waals surface area contributed by atoms with E-state index in [0.717, 1.165) is 55.1 Å². The number of nitrogens with zero attached hydrogens (tertiary/aromatic N) is 4. The zero-order chi connectivity index (χ0) is 23.7. The molecular formula is C25H38N4O2S. The second-order valence-electron chi connectivity index (χ2n) is 8.84. The van der Waals surface area contributed by atoms with Gasteiger partial charge in [-0.25, -0.2) is 9.40 Å². The van der Waals surface area contributed by atoms with Crippen LogP contribution >= 0.6 is 11.9 Å². The number of hydrogen-bond donors (Lipinski definition) is 0. The van der Waals surface area contributed by atoms with Crippen LogP contribution in [0.3, 0.4) is 0 Å². The first-order valence-electron chi connectivity index (χ1n) is 11.4. The topological polar surface area (TPSA) is 59.7 Å². The van der Waals surface area contributed by atoms with E-state index in [1.165, 1.54) is 17.5 Å². The van der Waals surface area contributed by atoms with Crippen LogP contribution in [0.1, 0.15) is 59.7 Å². The zero-order valence-electron chi connectivity index (χ0n) is 20.4. The van der Waals surface area contributed by atoms with Gasteiger partial charge in [-0.1, -0.05) is 41.2 Å². The number of fused-ring (bicyclic) bond motifs is 1. The van der Waals surface area contributed by atoms with Crippen LogP contribution in [0.5, 0.6) is 0 Å². The van der Waals surface area contributed by atoms with Gasteiger partial charge in [-0.15, -0.1) is 0 Å². The molecule has 1 aromatic carbocycles. The standard InChI is InChI=1S/C23H32N4O2S.C2H6/c1-17(16-28)8-11-24-26(5)30-19-6-7-21-20(14-19)25-22(23(2,3)4)27(21)15-18-9-12-29-13-10-18;1-2/h6-7,11,14,16,18H,1,8-10,12-13,15H2,2-5H3;1-2H3/b24-11-;. The Morgan fingerprint density at radius 1 is 1.34 bits per heavy atom. The van der Waals surface area contributed by atoms with Gasteiger partial charge in [0.15, 0.2) is 0 Å². The molecule has 176 valence electrons. The summed E-state index contributed by atoms with van der Waals surface area (Å²) in [4.78, 5) is 16.7. The van der Waals surface area contributed by atoms with E-state index in [4.69, 9.17) is 9.72 Å². The monoisotopic (exact) mass is 458 g/mol. The highest BCUT2D eigenvalue weighted by molar-refractivity contribution is 7.97. The third-order valence-electron chi connectivity index (χ3n) is 5.17. The van der Waals surface area contributed by atoms with Gasteiger partial charge in [-0.2, -0.15) is 5.10 Å². The van der Waals surface area contributed by atoms with Crippen LogP contribution in [0, 0.1) is 5.92 Å². The Morgan fingerprint density at radius 3 is 2.66 bits per heavy atom. The Bertz CT molecular complexity index is 924. The summed E-state index contributed by atoms with van der Waals surface area (Å²) in [6.07, 6.45) is 5.13. The predicted molar refractivity (Wildman–Crippen MR) is 135 cm³/mol. The van der Waals surface area contributed by atoms with Gasteiger partial charge < -0.3 is 9.30 Å². The molecule has 0 unspecified atom stereocenters. The maximum Gasteiger partial charge on any atom is 0.145 e. The van der Waals surface area contributed by atoms with Gasteiger partial charge in [0.1, 0.15) is 12.1 Å². The number of aromatic nitrogens is 2. The summed E-state index contributed by atoms with van der Waals surface area (Å²) < 4.78 is 9.73. The molecule has 6 nitrogen and oxygen atoms in total. The molecule has 32 heavy (non-hydrogen) atoms. The average molecular weight is 459 g/mol. The van der Waals surface area contributed by atoms with Gasteiger partial charge in [0.25, 0.3) is 0 Å². The summed E-state index contributed by atoms with van der Waals surface area (Å²) in [6, 6.07) is 6.43. The largest absolute Gasteiger partial charge is 0.381 e. The number of carbonyl (C=O) groups excluding carboxylic acids is 1. The number of hydrazone groups is 1. The molecule has 0 radical (unpaired) electrons. The average Bonchev–Trinajstić information content (AvgIpc) is 3.14. The fourth-order valence-corrected chi connectivity index (χ4v) is 4.32. The van der Waals surface area contributed by atoms with Crippen LogP contribution in [0.2, 0.25) is 0 Å². The molecule has 0 saturated carbocycles. The summed E-state index contributed by atoms with van der Waals surface area (Å²) in [5.74, 6) is 1.76. The number of aldehydes is 1. The Labute approximate surface area is 197 Å². The van der Waals surface area contributed by atoms with Crippen LogP contribution in [0.25, 0.3) is 11.0 Å². The lowest BCUT2D eigenvalue weighted by Gasteiger charge is -2.26. The van der Waals surface area contributed by atoms with E-state index < -0.39 is 0 Å². The minimum Gasteiger partial charge on any atom is -0.381 e. The van der Waals surface area contributed by atoms with Gasteiger partial charge in [-0.05, 0) is 42.5 Å². The molecule has 1 fully saturated rings. The number of allylic oxidation sites excluding steroid dienone is 1. The maximum atomic E-state index is 10.6. The fraction of sp³-hybridized carbons (Fsp3) is 0.560. The molecule has 1 aromatic heterocycles. The maximum absolute atomic E-state index is 10.6. The first kappa shape index (κ1) is 26.1. The SMILES string of the molecule is C=C(C=O)C/C=N\N(C)Sc1ccc2c(c1)nc(C(C)(C)C)n2CC1CCOCC1.CC. The van der Waals surface area contributed by atoms with E-state index >= 15 is 0 Å². The highest BCUT2D eigenvalue weighted by atomic mass is 32.2. The smallest absolute Gasteiger partial charge is 0.145 e. The number of hydrogen-bond acceptors (Lipinski definition) is 6. The molecule has 0 bridgehead atoms. The normalized spacial score (nSPS) is 14.9. The quantitative estimate of drug-likeness (QED) is 0.163. The second kappa shape index (κ2) is 12.2. The summed E-state index contributed by atoms with van der Waals surface area (Å²) in [5, 5.41) is 4.34. The van der Waals surface area contributed by atoms with Gasteiger partial charge >= 0.3 is 0 Å². The summed E-state index contributed by atoms with van der Waals surface area (Å²) >= 11 is 1.53. The first-order chi connectivity index (χ1) is 15.3. The van der Waals surface area contributed by atoms with E-state index in [0.29, 0.717) is 17.9 Å². The number of benzene rings is 1. The van der Waals surface area contributed by atoms with E-state index in [-0.39, 0.29) is 5.41 Å². The molecule has 1 saturated heterocycles. The molecule has 2 heterocycles. The highest BCUT2D eigenvalue weighted by Gasteiger charge is 2.25. The third-order valence-corrected chi connectivity index (χ3v) is 6.00. The molecule has 0 atom stereocenters. The lowest BCUT2D eigenvalue weighted by Crippen LogP contribution is -2.25. The molecule has 0 amide bonds. The third kappa shape index (κ3) is 7.20. The van der Waals surface area contributed by atoms with Crippen molar-refractivity contribution in [3.05, 3.63) is 36.2 Å². The Balaban J connectivity index is 0.00000176. The van der Waals surface area contributed by atoms with Crippen LogP contribution in [0.15, 0.2) is 40.3 Å². The van der Waals surface area contributed by atoms with Crippen molar-refractivity contribution in [3.8, 4) is 0 Å². The zero-order valence-corrected chi connectivity index (χ0v) is 21.2. The number of carbonyl (C=O) groups is 1. The molecule has 0 spiro atoms. The Hall–Kier alpha value is -2.12. The molecule has 1 aliphatic heterocycles. The molecule has 0 N–H and O–H groups in total. The second-order valence-corrected chi connectivity index (χ2v) is 10.0. The number of rotatable bonds is 8. The number of imidazole rings is 1. The molecule has 1 aliphatic rings. The lowest BCUT2D eigenvalue weighted by atomic mass is 9.94. The number of ether oxygens (including phenoxy) is 1. The molecule has 2 aromatic rings. The Kier molecular flexibility index (Phi) is 9.97. The first-order valence-corrected chi connectivity index (χ1v) is 12.2. The van der Waals surface area contributed by atoms with Crippen molar-refractivity contribution in [1.29, 1.82) is 0 Å². The highest BCUT2D eigenvalue weighted by Crippen LogP contribution is 2.32. The van der Waals surface area contributed by atoms with Crippen molar-refractivity contribution in [1.82, 2.24) is 14.0 Å². The lowest BCUT2D eigenvalue weighted by molar-refractivity contribution is -0.104. The summed E-state index contributed by atoms with van der Waals surface area (Å²) in [7, 11) is 1.89. The summed E-state index contributed by atoms with van der Waals surface area (Å²) in [5.41, 5.74) is 2.69. The van der Waals surface area contributed by atoms with E-state index in [1.54, 1.807) is 10.6 Å². The molecular weight excluding hydrogens is 420 g/mol. The molecule has 0 aliphatic carbocycles. The van der Waals surface area contributed by atoms with Crippen LogP contribution in [-0.4, -0.2) is 46.7 Å². The van der Waals surface area contributed by atoms with Crippen molar-refractivity contribution in [2.75, 3.05) is 20.3 Å². The van der Waals surface area contributed by atoms with Crippen LogP contribution in [-0.2, 0) is 21.5 Å². The van der Waals surface area contributed by atoms with E-state index in [1.807, 2.05) is 20.9 Å². The fourth-order valence-electron chi connectivity index (χ4n) is 3.61. The predicted octanol–water partition coefficient (Wildman–Crippen LogP) is 5.86. The van der Waals surface area contributed by atoms with Crippen molar-refractivity contribution >= 4 is 35.5 Å². The van der Waals surface area contributed by atoms with Gasteiger partial charge in [-0.3, -0.25) is 4.79 Å². The van der Waals surface area contributed by atoms with Crippen LogP contribution in [0.4, 0.5) is 0 Å². The van der Waals surface area contributed by atoms with Gasteiger partial charge in [0.05, 0.1) is 11.0 Å². The van der Waals surface area contributed by atoms with Crippen molar-refractivity contribution < 1.29 is 9.53 Å². The van der Waals surface area contributed by atoms with Gasteiger partial charge in [0.2, 0.25) is 0 Å². The van der Waals surface area contributed by atoms with Crippen molar-refractivity contribution in [3.63, 3.8) is 0 Å². The van der Waals surface area contributed by atoms with Crippen LogP contribution < -0.4 is 0 Å². The minimum absolute atomic E-state index is 0.0282. The van der Waals surface area contributed by atoms with Crippen molar-refractivity contribution in [2.24, 2.45) is 11.0 Å². The Morgan fingerprint density at radius 2 is 2.03 bits per heavy atom. The molecule has 7 heteroatoms. The van der Waals surface area contributed by atoms with E-state index in [9.17, 15) is 4.79 Å². The minimum atomic E-state index is -0.0282. The van der Waals surface area contributed by atoms with Gasteiger partial charge in [0, 0.05) is 61.7 Å².